The summed E-state index contributed by atoms with van der Waals surface area (Å²) in [6.45, 7) is 5.48. The van der Waals surface area contributed by atoms with Crippen LogP contribution in [-0.2, 0) is 6.42 Å². The van der Waals surface area contributed by atoms with Crippen LogP contribution < -0.4 is 5.73 Å². The molecule has 0 aliphatic rings. The van der Waals surface area contributed by atoms with Gasteiger partial charge in [-0.2, -0.15) is 4.51 Å². The van der Waals surface area contributed by atoms with E-state index in [0.717, 1.165) is 5.56 Å². The molecule has 0 aliphatic carbocycles. The van der Waals surface area contributed by atoms with Crippen LogP contribution in [0.2, 0.25) is 0 Å². The quantitative estimate of drug-likeness (QED) is 0.634. The Hall–Kier alpha value is -1.58. The van der Waals surface area contributed by atoms with Crippen molar-refractivity contribution in [2.45, 2.75) is 13.3 Å². The highest BCUT2D eigenvalue weighted by Gasteiger charge is 2.06. The minimum absolute atomic E-state index is 0.259. The molecule has 0 amide bonds. The lowest BCUT2D eigenvalue weighted by molar-refractivity contribution is 0.613. The summed E-state index contributed by atoms with van der Waals surface area (Å²) in [7, 11) is 0. The average molecular weight is 313 g/mol. The number of rotatable bonds is 5. The van der Waals surface area contributed by atoms with Crippen LogP contribution in [0.5, 0.6) is 0 Å². The highest BCUT2D eigenvalue weighted by Crippen LogP contribution is 2.20. The van der Waals surface area contributed by atoms with Crippen molar-refractivity contribution in [1.82, 2.24) is 0 Å². The van der Waals surface area contributed by atoms with Crippen LogP contribution in [0, 0.1) is 12.7 Å². The Morgan fingerprint density at radius 1 is 1.50 bits per heavy atom. The van der Waals surface area contributed by atoms with Crippen molar-refractivity contribution >= 4 is 29.6 Å². The van der Waals surface area contributed by atoms with Crippen LogP contribution >= 0.6 is 23.4 Å². The zero-order chi connectivity index (χ0) is 15.1. The zero-order valence-electron chi connectivity index (χ0n) is 11.0. The minimum atomic E-state index is -0.259. The Kier molecular flexibility index (Phi) is 6.49. The largest absolute Gasteiger partial charge is 0.397 e. The highest BCUT2D eigenvalue weighted by atomic mass is 35.5. The summed E-state index contributed by atoms with van der Waals surface area (Å²) in [4.78, 5) is 0. The normalized spacial score (nSPS) is 13.5. The number of nitrogens with zero attached hydrogens (tertiary/aromatic N) is 1. The van der Waals surface area contributed by atoms with Crippen LogP contribution in [0.15, 0.2) is 57.7 Å². The van der Waals surface area contributed by atoms with Gasteiger partial charge in [-0.3, -0.25) is 0 Å². The fourth-order valence-corrected chi connectivity index (χ4v) is 2.07. The van der Waals surface area contributed by atoms with Crippen LogP contribution in [-0.4, -0.2) is 6.21 Å². The monoisotopic (exact) mass is 312 g/mol. The van der Waals surface area contributed by atoms with Crippen molar-refractivity contribution in [3.05, 3.63) is 70.2 Å². The van der Waals surface area contributed by atoms with Gasteiger partial charge in [0.1, 0.15) is 5.82 Å². The smallest absolute Gasteiger partial charge is 0.126 e. The maximum absolute atomic E-state index is 13.7. The second-order valence-electron chi connectivity index (χ2n) is 4.09. The molecular formula is C15H15Cl2FN2. The Labute approximate surface area is 128 Å². The Bertz CT molecular complexity index is 569. The minimum Gasteiger partial charge on any atom is -0.397 e. The van der Waals surface area contributed by atoms with Crippen molar-refractivity contribution in [2.75, 3.05) is 0 Å². The number of aryl methyl sites for hydroxylation is 1. The van der Waals surface area contributed by atoms with Crippen LogP contribution in [0.25, 0.3) is 0 Å². The van der Waals surface area contributed by atoms with Gasteiger partial charge in [-0.1, -0.05) is 42.5 Å². The predicted molar refractivity (Wildman–Crippen MR) is 84.5 cm³/mol. The first-order valence-electron chi connectivity index (χ1n) is 5.87. The first kappa shape index (κ1) is 16.5. The first-order valence-corrected chi connectivity index (χ1v) is 6.59. The summed E-state index contributed by atoms with van der Waals surface area (Å²) in [5, 5.41) is 0.372. The Balaban J connectivity index is 3.06. The predicted octanol–water partition coefficient (Wildman–Crippen LogP) is 4.42. The SMILES string of the molecule is C=CC(=C(/N)C=NCl)/C(Cl)=C\Cc1c(C)cccc1F. The molecule has 0 spiro atoms. The first-order chi connectivity index (χ1) is 9.51. The molecule has 0 aliphatic heterocycles. The molecule has 0 saturated heterocycles. The van der Waals surface area contributed by atoms with Gasteiger partial charge in [0.15, 0.2) is 0 Å². The van der Waals surface area contributed by atoms with Crippen molar-refractivity contribution < 1.29 is 4.39 Å². The molecular weight excluding hydrogens is 298 g/mol. The van der Waals surface area contributed by atoms with Gasteiger partial charge in [-0.25, -0.2) is 4.39 Å². The summed E-state index contributed by atoms with van der Waals surface area (Å²) in [6, 6.07) is 4.94. The summed E-state index contributed by atoms with van der Waals surface area (Å²) in [5.41, 5.74) is 8.00. The second-order valence-corrected chi connectivity index (χ2v) is 4.69. The van der Waals surface area contributed by atoms with Crippen LogP contribution in [0.1, 0.15) is 11.1 Å². The van der Waals surface area contributed by atoms with E-state index in [1.54, 1.807) is 12.1 Å². The molecule has 0 aromatic heterocycles. The van der Waals surface area contributed by atoms with E-state index in [4.69, 9.17) is 29.1 Å². The van der Waals surface area contributed by atoms with Crippen molar-refractivity contribution in [3.8, 4) is 0 Å². The van der Waals surface area contributed by atoms with Gasteiger partial charge < -0.3 is 5.73 Å². The fraction of sp³-hybridized carbons (Fsp3) is 0.133. The summed E-state index contributed by atoms with van der Waals surface area (Å²) >= 11 is 11.4. The summed E-state index contributed by atoms with van der Waals surface area (Å²) in [5.74, 6) is -0.259. The molecule has 5 heteroatoms. The molecule has 0 bridgehead atoms. The van der Waals surface area contributed by atoms with Crippen LogP contribution in [0.3, 0.4) is 0 Å². The van der Waals surface area contributed by atoms with E-state index in [0.29, 0.717) is 28.3 Å². The number of hydrogen-bond donors (Lipinski definition) is 1. The number of nitrogens with two attached hydrogens (primary N) is 1. The van der Waals surface area contributed by atoms with Gasteiger partial charge in [0.05, 0.1) is 11.9 Å². The lowest BCUT2D eigenvalue weighted by Crippen LogP contribution is -2.03. The molecule has 0 saturated carbocycles. The van der Waals surface area contributed by atoms with Gasteiger partial charge in [-0.15, -0.1) is 0 Å². The number of halogens is 3. The lowest BCUT2D eigenvalue weighted by Gasteiger charge is -2.06. The molecule has 1 aromatic rings. The van der Waals surface area contributed by atoms with Crippen molar-refractivity contribution in [3.63, 3.8) is 0 Å². The lowest BCUT2D eigenvalue weighted by atomic mass is 10.0. The number of allylic oxidation sites excluding steroid dienone is 5. The molecule has 1 aromatic carbocycles. The standard InChI is InChI=1S/C15H15Cl2FN2/c1-3-11(15(19)9-20-17)13(16)8-7-12-10(2)5-4-6-14(12)18/h3-6,8-9H,1,7,19H2,2H3/b13-8+,15-11-,20-9?. The van der Waals surface area contributed by atoms with Gasteiger partial charge in [0.25, 0.3) is 0 Å². The van der Waals surface area contributed by atoms with Crippen LogP contribution in [0.4, 0.5) is 4.39 Å². The average Bonchev–Trinajstić information content (AvgIpc) is 2.39. The second kappa shape index (κ2) is 7.88. The van der Waals surface area contributed by atoms with E-state index in [9.17, 15) is 4.39 Å². The Morgan fingerprint density at radius 2 is 2.20 bits per heavy atom. The van der Waals surface area contributed by atoms with Crippen molar-refractivity contribution in [1.29, 1.82) is 0 Å². The summed E-state index contributed by atoms with van der Waals surface area (Å²) in [6.07, 6.45) is 4.81. The van der Waals surface area contributed by atoms with E-state index in [1.165, 1.54) is 18.4 Å². The third kappa shape index (κ3) is 4.22. The molecule has 0 fully saturated rings. The molecule has 2 N–H and O–H groups in total. The third-order valence-corrected chi connectivity index (χ3v) is 3.25. The molecule has 2 nitrogen and oxygen atoms in total. The number of benzene rings is 1. The van der Waals surface area contributed by atoms with Crippen molar-refractivity contribution in [2.24, 2.45) is 10.2 Å². The van der Waals surface area contributed by atoms with E-state index in [-0.39, 0.29) is 5.82 Å². The van der Waals surface area contributed by atoms with E-state index < -0.39 is 0 Å². The molecule has 1 rings (SSSR count). The zero-order valence-corrected chi connectivity index (χ0v) is 12.5. The number of hydrogen-bond acceptors (Lipinski definition) is 2. The topological polar surface area (TPSA) is 38.4 Å². The van der Waals surface area contributed by atoms with Gasteiger partial charge in [0.2, 0.25) is 0 Å². The van der Waals surface area contributed by atoms with Gasteiger partial charge in [0, 0.05) is 22.4 Å². The maximum atomic E-state index is 13.7. The highest BCUT2D eigenvalue weighted by molar-refractivity contribution is 6.32. The van der Waals surface area contributed by atoms with E-state index in [2.05, 4.69) is 11.1 Å². The molecule has 0 radical (unpaired) electrons. The Morgan fingerprint density at radius 3 is 2.75 bits per heavy atom. The molecule has 0 atom stereocenters. The van der Waals surface area contributed by atoms with Gasteiger partial charge >= 0.3 is 0 Å². The molecule has 106 valence electrons. The molecule has 0 heterocycles. The third-order valence-electron chi connectivity index (χ3n) is 2.80. The van der Waals surface area contributed by atoms with Gasteiger partial charge in [-0.05, 0) is 30.5 Å². The summed E-state index contributed by atoms with van der Waals surface area (Å²) < 4.78 is 17.0. The molecule has 20 heavy (non-hydrogen) atoms. The maximum Gasteiger partial charge on any atom is 0.126 e. The fourth-order valence-electron chi connectivity index (χ4n) is 1.70. The molecule has 0 unspecified atom stereocenters. The van der Waals surface area contributed by atoms with E-state index in [1.807, 2.05) is 13.0 Å². The van der Waals surface area contributed by atoms with E-state index >= 15 is 0 Å².